The van der Waals surface area contributed by atoms with Crippen molar-refractivity contribution in [1.82, 2.24) is 15.0 Å². The van der Waals surface area contributed by atoms with Gasteiger partial charge in [-0.3, -0.25) is 0 Å². The maximum atomic E-state index is 5.95. The third-order valence-electron chi connectivity index (χ3n) is 4.91. The van der Waals surface area contributed by atoms with Gasteiger partial charge in [-0.1, -0.05) is 30.0 Å². The van der Waals surface area contributed by atoms with Crippen molar-refractivity contribution >= 4 is 23.3 Å². The van der Waals surface area contributed by atoms with Crippen LogP contribution >= 0.6 is 0 Å². The summed E-state index contributed by atoms with van der Waals surface area (Å²) < 4.78 is 0. The van der Waals surface area contributed by atoms with Gasteiger partial charge in [0.2, 0.25) is 5.95 Å². The predicted octanol–water partition coefficient (Wildman–Crippen LogP) is 2.07. The van der Waals surface area contributed by atoms with E-state index in [2.05, 4.69) is 60.9 Å². The number of nitrogens with two attached hydrogens (primary N) is 2. The Morgan fingerprint density at radius 1 is 0.862 bits per heavy atom. The molecule has 4 rings (SSSR count). The number of piperazine rings is 1. The second kappa shape index (κ2) is 8.07. The van der Waals surface area contributed by atoms with E-state index in [1.54, 1.807) is 12.3 Å². The van der Waals surface area contributed by atoms with Gasteiger partial charge >= 0.3 is 0 Å². The first-order valence-electron chi connectivity index (χ1n) is 9.53. The summed E-state index contributed by atoms with van der Waals surface area (Å²) in [5.74, 6) is 7.88. The number of anilines is 4. The Balaban J connectivity index is 1.59. The molecular weight excluding hydrogens is 362 g/mol. The number of rotatable bonds is 2. The fourth-order valence-electron chi connectivity index (χ4n) is 3.38. The molecule has 146 valence electrons. The molecule has 1 aromatic carbocycles. The first-order chi connectivity index (χ1) is 14.1. The number of aromatic nitrogens is 3. The van der Waals surface area contributed by atoms with Crippen molar-refractivity contribution in [3.8, 4) is 11.8 Å². The summed E-state index contributed by atoms with van der Waals surface area (Å²) in [5.41, 5.74) is 15.2. The Kier molecular flexibility index (Phi) is 5.16. The Hall–Kier alpha value is -3.79. The van der Waals surface area contributed by atoms with E-state index in [4.69, 9.17) is 11.5 Å². The highest BCUT2D eigenvalue weighted by Gasteiger charge is 2.22. The summed E-state index contributed by atoms with van der Waals surface area (Å²) >= 11 is 0. The number of aryl methyl sites for hydroxylation is 1. The van der Waals surface area contributed by atoms with E-state index < -0.39 is 0 Å². The van der Waals surface area contributed by atoms with Crippen molar-refractivity contribution in [3.05, 3.63) is 65.5 Å². The maximum Gasteiger partial charge on any atom is 0.222 e. The SMILES string of the molecule is Cc1nc(N)nc(N2CCN(c3ccccc3)CC2)c1C#Cc1ccc(N)nc1. The summed E-state index contributed by atoms with van der Waals surface area (Å²) in [6, 6.07) is 14.0. The standard InChI is InChI=1S/C22H23N7/c1-16-19(9-7-17-8-10-20(23)25-15-17)21(27-22(24)26-16)29-13-11-28(12-14-29)18-5-3-2-4-6-18/h2-6,8,10,15H,11-14H2,1H3,(H2,23,25)(H2,24,26,27). The molecule has 7 nitrogen and oxygen atoms in total. The number of nitrogen functional groups attached to an aromatic ring is 2. The second-order valence-corrected chi connectivity index (χ2v) is 6.90. The van der Waals surface area contributed by atoms with Gasteiger partial charge in [0.05, 0.1) is 11.3 Å². The molecular formula is C22H23N7. The molecule has 0 radical (unpaired) electrons. The van der Waals surface area contributed by atoms with Crippen LogP contribution in [0.3, 0.4) is 0 Å². The van der Waals surface area contributed by atoms with Gasteiger partial charge in [0.15, 0.2) is 0 Å². The Labute approximate surface area is 170 Å². The molecule has 1 fully saturated rings. The lowest BCUT2D eigenvalue weighted by Crippen LogP contribution is -2.47. The first kappa shape index (κ1) is 18.6. The molecule has 3 aromatic rings. The van der Waals surface area contributed by atoms with E-state index in [1.165, 1.54) is 5.69 Å². The monoisotopic (exact) mass is 385 g/mol. The molecule has 1 aliphatic rings. The maximum absolute atomic E-state index is 5.95. The van der Waals surface area contributed by atoms with Gasteiger partial charge in [0, 0.05) is 43.6 Å². The van der Waals surface area contributed by atoms with Crippen LogP contribution in [0.15, 0.2) is 48.7 Å². The van der Waals surface area contributed by atoms with Gasteiger partial charge in [-0.15, -0.1) is 0 Å². The molecule has 0 bridgehead atoms. The number of nitrogens with zero attached hydrogens (tertiary/aromatic N) is 5. The Morgan fingerprint density at radius 2 is 1.59 bits per heavy atom. The van der Waals surface area contributed by atoms with Crippen molar-refractivity contribution < 1.29 is 0 Å². The minimum absolute atomic E-state index is 0.266. The van der Waals surface area contributed by atoms with E-state index in [1.807, 2.05) is 19.1 Å². The van der Waals surface area contributed by atoms with Gasteiger partial charge in [0.1, 0.15) is 11.6 Å². The predicted molar refractivity (Wildman–Crippen MR) is 117 cm³/mol. The van der Waals surface area contributed by atoms with E-state index in [9.17, 15) is 0 Å². The second-order valence-electron chi connectivity index (χ2n) is 6.90. The number of pyridine rings is 1. The molecule has 1 saturated heterocycles. The van der Waals surface area contributed by atoms with Crippen molar-refractivity contribution in [2.75, 3.05) is 47.4 Å². The molecule has 29 heavy (non-hydrogen) atoms. The summed E-state index contributed by atoms with van der Waals surface area (Å²) in [5, 5.41) is 0. The van der Waals surface area contributed by atoms with Gasteiger partial charge in [-0.05, 0) is 31.2 Å². The largest absolute Gasteiger partial charge is 0.384 e. The molecule has 4 N–H and O–H groups in total. The molecule has 0 spiro atoms. The van der Waals surface area contributed by atoms with Crippen molar-refractivity contribution in [3.63, 3.8) is 0 Å². The molecule has 0 saturated carbocycles. The lowest BCUT2D eigenvalue weighted by molar-refractivity contribution is 0.646. The van der Waals surface area contributed by atoms with Crippen LogP contribution in [-0.2, 0) is 0 Å². The molecule has 3 heterocycles. The number of hydrogen-bond donors (Lipinski definition) is 2. The fraction of sp³-hybridized carbons (Fsp3) is 0.227. The molecule has 0 aliphatic carbocycles. The zero-order chi connectivity index (χ0) is 20.2. The average Bonchev–Trinajstić information content (AvgIpc) is 2.75. The van der Waals surface area contributed by atoms with E-state index >= 15 is 0 Å². The van der Waals surface area contributed by atoms with Crippen molar-refractivity contribution in [2.45, 2.75) is 6.92 Å². The number of para-hydroxylation sites is 1. The van der Waals surface area contributed by atoms with E-state index in [0.717, 1.165) is 48.8 Å². The van der Waals surface area contributed by atoms with Crippen LogP contribution in [0.2, 0.25) is 0 Å². The zero-order valence-electron chi connectivity index (χ0n) is 16.3. The molecule has 0 atom stereocenters. The van der Waals surface area contributed by atoms with Crippen LogP contribution in [0.5, 0.6) is 0 Å². The highest BCUT2D eigenvalue weighted by molar-refractivity contribution is 5.62. The van der Waals surface area contributed by atoms with Crippen LogP contribution in [-0.4, -0.2) is 41.1 Å². The summed E-state index contributed by atoms with van der Waals surface area (Å²) in [6.45, 7) is 5.39. The molecule has 7 heteroatoms. The van der Waals surface area contributed by atoms with Crippen LogP contribution in [0.1, 0.15) is 16.8 Å². The summed E-state index contributed by atoms with van der Waals surface area (Å²) in [4.78, 5) is 17.5. The molecule has 2 aromatic heterocycles. The third-order valence-corrected chi connectivity index (χ3v) is 4.91. The van der Waals surface area contributed by atoms with Crippen LogP contribution in [0.25, 0.3) is 0 Å². The number of benzene rings is 1. The smallest absolute Gasteiger partial charge is 0.222 e. The van der Waals surface area contributed by atoms with Crippen molar-refractivity contribution in [1.29, 1.82) is 0 Å². The van der Waals surface area contributed by atoms with Crippen molar-refractivity contribution in [2.24, 2.45) is 0 Å². The fourth-order valence-corrected chi connectivity index (χ4v) is 3.38. The first-order valence-corrected chi connectivity index (χ1v) is 9.53. The molecule has 1 aliphatic heterocycles. The lowest BCUT2D eigenvalue weighted by Gasteiger charge is -2.37. The van der Waals surface area contributed by atoms with E-state index in [0.29, 0.717) is 5.82 Å². The van der Waals surface area contributed by atoms with Gasteiger partial charge in [-0.25, -0.2) is 9.97 Å². The summed E-state index contributed by atoms with van der Waals surface area (Å²) in [6.07, 6.45) is 1.66. The minimum atomic E-state index is 0.266. The van der Waals surface area contributed by atoms with E-state index in [-0.39, 0.29) is 5.95 Å². The highest BCUT2D eigenvalue weighted by atomic mass is 15.3. The van der Waals surface area contributed by atoms with Gasteiger partial charge < -0.3 is 21.3 Å². The molecule has 0 unspecified atom stereocenters. The highest BCUT2D eigenvalue weighted by Crippen LogP contribution is 2.24. The number of hydrogen-bond acceptors (Lipinski definition) is 7. The average molecular weight is 385 g/mol. The van der Waals surface area contributed by atoms with Crippen LogP contribution in [0.4, 0.5) is 23.3 Å². The van der Waals surface area contributed by atoms with Crippen LogP contribution < -0.4 is 21.3 Å². The minimum Gasteiger partial charge on any atom is -0.384 e. The third kappa shape index (κ3) is 4.22. The van der Waals surface area contributed by atoms with Gasteiger partial charge in [0.25, 0.3) is 0 Å². The zero-order valence-corrected chi connectivity index (χ0v) is 16.3. The summed E-state index contributed by atoms with van der Waals surface area (Å²) in [7, 11) is 0. The van der Waals surface area contributed by atoms with Crippen LogP contribution in [0, 0.1) is 18.8 Å². The lowest BCUT2D eigenvalue weighted by atomic mass is 10.1. The van der Waals surface area contributed by atoms with Gasteiger partial charge in [-0.2, -0.15) is 4.98 Å². The Morgan fingerprint density at radius 3 is 2.28 bits per heavy atom. The Bertz CT molecular complexity index is 1040. The quantitative estimate of drug-likeness (QED) is 0.652. The normalized spacial score (nSPS) is 13.7. The molecule has 0 amide bonds. The topological polar surface area (TPSA) is 97.2 Å².